The minimum Gasteiger partial charge on any atom is -0.460 e. The van der Waals surface area contributed by atoms with E-state index in [1.807, 2.05) is 30.3 Å². The van der Waals surface area contributed by atoms with E-state index in [2.05, 4.69) is 0 Å². The molecule has 2 aromatic carbocycles. The lowest BCUT2D eigenvalue weighted by Gasteiger charge is -2.13. The smallest absolute Gasteiger partial charge is 0.319 e. The molecule has 2 nitrogen and oxygen atoms in total. The van der Waals surface area contributed by atoms with Crippen LogP contribution in [0.2, 0.25) is 10.0 Å². The summed E-state index contributed by atoms with van der Waals surface area (Å²) in [4.78, 5) is 12.7. The van der Waals surface area contributed by atoms with Gasteiger partial charge in [0.2, 0.25) is 0 Å². The van der Waals surface area contributed by atoms with Crippen LogP contribution in [-0.4, -0.2) is 11.2 Å². The Bertz CT molecular complexity index is 597. The van der Waals surface area contributed by atoms with Gasteiger partial charge in [0.15, 0.2) is 0 Å². The van der Waals surface area contributed by atoms with E-state index in [9.17, 15) is 4.79 Å². The summed E-state index contributed by atoms with van der Waals surface area (Å²) < 4.78 is 5.30. The van der Waals surface area contributed by atoms with E-state index in [0.29, 0.717) is 14.9 Å². The van der Waals surface area contributed by atoms with Crippen molar-refractivity contribution in [1.82, 2.24) is 0 Å². The highest BCUT2D eigenvalue weighted by Gasteiger charge is 2.19. The minimum absolute atomic E-state index is 0.265. The molecule has 0 aliphatic carbocycles. The predicted molar refractivity (Wildman–Crippen MR) is 88.0 cm³/mol. The van der Waals surface area contributed by atoms with Gasteiger partial charge < -0.3 is 4.74 Å². The molecule has 21 heavy (non-hydrogen) atoms. The molecule has 5 heteroatoms. The summed E-state index contributed by atoms with van der Waals surface area (Å²) in [6.45, 7) is 2.04. The Hall–Kier alpha value is -1.16. The summed E-state index contributed by atoms with van der Waals surface area (Å²) in [6, 6.07) is 14.8. The van der Waals surface area contributed by atoms with Crippen LogP contribution in [0.3, 0.4) is 0 Å². The maximum absolute atomic E-state index is 12.0. The van der Waals surface area contributed by atoms with Crippen LogP contribution in [0.5, 0.6) is 0 Å². The fraction of sp³-hybridized carbons (Fsp3) is 0.188. The standard InChI is InChI=1S/C16H14Cl2O2S/c1-11(21-15-13(17)8-5-9-14(15)18)16(19)20-10-12-6-3-2-4-7-12/h2-9,11H,10H2,1H3. The number of hydrogen-bond donors (Lipinski definition) is 0. The molecule has 0 aromatic heterocycles. The van der Waals surface area contributed by atoms with Gasteiger partial charge in [0.05, 0.1) is 10.0 Å². The van der Waals surface area contributed by atoms with E-state index in [-0.39, 0.29) is 17.8 Å². The van der Waals surface area contributed by atoms with Crippen LogP contribution in [0, 0.1) is 0 Å². The van der Waals surface area contributed by atoms with Crippen LogP contribution in [0.15, 0.2) is 53.4 Å². The second-order valence-corrected chi connectivity index (χ2v) is 6.57. The van der Waals surface area contributed by atoms with Gasteiger partial charge in [-0.3, -0.25) is 4.79 Å². The van der Waals surface area contributed by atoms with Crippen LogP contribution in [-0.2, 0) is 16.1 Å². The lowest BCUT2D eigenvalue weighted by molar-refractivity contribution is -0.143. The second kappa shape index (κ2) is 7.74. The Morgan fingerprint density at radius 1 is 1.10 bits per heavy atom. The Labute approximate surface area is 138 Å². The van der Waals surface area contributed by atoms with E-state index in [4.69, 9.17) is 27.9 Å². The summed E-state index contributed by atoms with van der Waals surface area (Å²) >= 11 is 13.5. The molecule has 0 fully saturated rings. The van der Waals surface area contributed by atoms with Crippen molar-refractivity contribution in [1.29, 1.82) is 0 Å². The molecule has 0 aliphatic rings. The topological polar surface area (TPSA) is 26.3 Å². The van der Waals surface area contributed by atoms with Crippen molar-refractivity contribution >= 4 is 40.9 Å². The van der Waals surface area contributed by atoms with Crippen molar-refractivity contribution in [2.24, 2.45) is 0 Å². The first-order valence-electron chi connectivity index (χ1n) is 6.39. The van der Waals surface area contributed by atoms with E-state index in [1.54, 1.807) is 25.1 Å². The number of carbonyl (C=O) groups excluding carboxylic acids is 1. The molecular formula is C16H14Cl2O2S. The molecule has 2 rings (SSSR count). The quantitative estimate of drug-likeness (QED) is 0.551. The third-order valence-electron chi connectivity index (χ3n) is 2.77. The molecule has 1 unspecified atom stereocenters. The van der Waals surface area contributed by atoms with Crippen molar-refractivity contribution in [2.75, 3.05) is 0 Å². The van der Waals surface area contributed by atoms with Crippen molar-refractivity contribution in [3.05, 3.63) is 64.1 Å². The predicted octanol–water partition coefficient (Wildman–Crippen LogP) is 5.22. The first-order chi connectivity index (χ1) is 10.1. The van der Waals surface area contributed by atoms with Crippen LogP contribution in [0.4, 0.5) is 0 Å². The number of esters is 1. The largest absolute Gasteiger partial charge is 0.460 e. The third-order valence-corrected chi connectivity index (χ3v) is 4.84. The summed E-state index contributed by atoms with van der Waals surface area (Å²) in [5, 5.41) is 0.691. The molecule has 2 aromatic rings. The van der Waals surface area contributed by atoms with Gasteiger partial charge in [0.25, 0.3) is 0 Å². The van der Waals surface area contributed by atoms with Gasteiger partial charge in [-0.05, 0) is 24.6 Å². The maximum Gasteiger partial charge on any atom is 0.319 e. The summed E-state index contributed by atoms with van der Waals surface area (Å²) in [5.41, 5.74) is 0.957. The van der Waals surface area contributed by atoms with Gasteiger partial charge in [0, 0.05) is 4.90 Å². The first kappa shape index (κ1) is 16.2. The normalized spacial score (nSPS) is 12.0. The lowest BCUT2D eigenvalue weighted by Crippen LogP contribution is -2.16. The molecule has 0 heterocycles. The van der Waals surface area contributed by atoms with Gasteiger partial charge in [0.1, 0.15) is 11.9 Å². The number of benzene rings is 2. The number of carbonyl (C=O) groups is 1. The zero-order chi connectivity index (χ0) is 15.2. The summed E-state index contributed by atoms with van der Waals surface area (Å²) in [5.74, 6) is -0.292. The average molecular weight is 341 g/mol. The number of thioether (sulfide) groups is 1. The summed E-state index contributed by atoms with van der Waals surface area (Å²) in [7, 11) is 0. The molecule has 110 valence electrons. The van der Waals surface area contributed by atoms with Crippen LogP contribution >= 0.6 is 35.0 Å². The lowest BCUT2D eigenvalue weighted by atomic mass is 10.2. The average Bonchev–Trinajstić information content (AvgIpc) is 2.49. The first-order valence-corrected chi connectivity index (χ1v) is 8.02. The van der Waals surface area contributed by atoms with Gasteiger partial charge >= 0.3 is 5.97 Å². The minimum atomic E-state index is -0.383. The summed E-state index contributed by atoms with van der Waals surface area (Å²) in [6.07, 6.45) is 0. The zero-order valence-corrected chi connectivity index (χ0v) is 13.7. The SMILES string of the molecule is CC(Sc1c(Cl)cccc1Cl)C(=O)OCc1ccccc1. The van der Waals surface area contributed by atoms with E-state index in [1.165, 1.54) is 11.8 Å². The Balaban J connectivity index is 1.94. The van der Waals surface area contributed by atoms with Crippen LogP contribution in [0.25, 0.3) is 0 Å². The van der Waals surface area contributed by atoms with Crippen molar-refractivity contribution in [3.8, 4) is 0 Å². The molecule has 0 saturated heterocycles. The Kier molecular flexibility index (Phi) is 5.97. The van der Waals surface area contributed by atoms with Crippen LogP contribution in [0.1, 0.15) is 12.5 Å². The molecule has 0 N–H and O–H groups in total. The number of ether oxygens (including phenoxy) is 1. The highest BCUT2D eigenvalue weighted by molar-refractivity contribution is 8.00. The molecule has 0 bridgehead atoms. The number of halogens is 2. The van der Waals surface area contributed by atoms with Crippen molar-refractivity contribution in [2.45, 2.75) is 23.7 Å². The van der Waals surface area contributed by atoms with Gasteiger partial charge in [-0.2, -0.15) is 0 Å². The Morgan fingerprint density at radius 3 is 2.33 bits per heavy atom. The van der Waals surface area contributed by atoms with Gasteiger partial charge in [-0.1, -0.05) is 59.6 Å². The molecule has 0 saturated carbocycles. The fourth-order valence-corrected chi connectivity index (χ4v) is 3.21. The number of hydrogen-bond acceptors (Lipinski definition) is 3. The zero-order valence-electron chi connectivity index (χ0n) is 11.4. The molecule has 0 aliphatic heterocycles. The highest BCUT2D eigenvalue weighted by atomic mass is 35.5. The molecule has 0 radical (unpaired) electrons. The maximum atomic E-state index is 12.0. The van der Waals surface area contributed by atoms with Crippen molar-refractivity contribution in [3.63, 3.8) is 0 Å². The second-order valence-electron chi connectivity index (χ2n) is 4.40. The van der Waals surface area contributed by atoms with E-state index >= 15 is 0 Å². The molecule has 0 amide bonds. The van der Waals surface area contributed by atoms with Crippen LogP contribution < -0.4 is 0 Å². The van der Waals surface area contributed by atoms with E-state index in [0.717, 1.165) is 5.56 Å². The van der Waals surface area contributed by atoms with Gasteiger partial charge in [-0.15, -0.1) is 11.8 Å². The fourth-order valence-electron chi connectivity index (χ4n) is 1.67. The van der Waals surface area contributed by atoms with Gasteiger partial charge in [-0.25, -0.2) is 0 Å². The number of rotatable bonds is 5. The highest BCUT2D eigenvalue weighted by Crippen LogP contribution is 2.36. The molecular weight excluding hydrogens is 327 g/mol. The van der Waals surface area contributed by atoms with E-state index < -0.39 is 0 Å². The monoisotopic (exact) mass is 340 g/mol. The Morgan fingerprint density at radius 2 is 1.71 bits per heavy atom. The molecule has 0 spiro atoms. The third kappa shape index (κ3) is 4.67. The van der Waals surface area contributed by atoms with Crippen molar-refractivity contribution < 1.29 is 9.53 Å². The molecule has 1 atom stereocenters.